The molecular formula is C15H17NO6. The first kappa shape index (κ1) is 15.1. The third-order valence-electron chi connectivity index (χ3n) is 4.25. The number of amides is 2. The molecule has 22 heavy (non-hydrogen) atoms. The van der Waals surface area contributed by atoms with E-state index >= 15 is 0 Å². The topological polar surface area (TPSA) is 107 Å². The van der Waals surface area contributed by atoms with E-state index in [2.05, 4.69) is 0 Å². The van der Waals surface area contributed by atoms with Gasteiger partial charge in [-0.25, -0.2) is 0 Å². The van der Waals surface area contributed by atoms with E-state index in [9.17, 15) is 19.8 Å². The van der Waals surface area contributed by atoms with Crippen LogP contribution >= 0.6 is 0 Å². The minimum atomic E-state index is -1.39. The Labute approximate surface area is 126 Å². The van der Waals surface area contributed by atoms with Crippen molar-refractivity contribution in [2.75, 3.05) is 6.61 Å². The molecule has 3 rings (SSSR count). The number of ether oxygens (including phenoxy) is 1. The third kappa shape index (κ3) is 2.05. The lowest BCUT2D eigenvalue weighted by atomic mass is 9.92. The van der Waals surface area contributed by atoms with Gasteiger partial charge in [-0.15, -0.1) is 0 Å². The van der Waals surface area contributed by atoms with Crippen LogP contribution in [-0.2, 0) is 4.74 Å². The number of imide groups is 1. The second kappa shape index (κ2) is 5.44. The molecule has 0 spiro atoms. The smallest absolute Gasteiger partial charge is 0.261 e. The van der Waals surface area contributed by atoms with Crippen LogP contribution in [0.25, 0.3) is 0 Å². The van der Waals surface area contributed by atoms with Crippen LogP contribution in [0.5, 0.6) is 0 Å². The molecule has 0 aromatic heterocycles. The lowest BCUT2D eigenvalue weighted by molar-refractivity contribution is -0.199. The molecule has 1 aromatic rings. The highest BCUT2D eigenvalue weighted by Crippen LogP contribution is 2.31. The van der Waals surface area contributed by atoms with Crippen molar-refractivity contribution in [3.63, 3.8) is 0 Å². The standard InChI is InChI=1S/C15H17NO6/c1-7-11(13(19)12(18)10(6-17)22-7)16-14(20)8-4-2-3-5-9(8)15(16)21/h2-5,7,10-13,17-19H,6H2,1H3. The van der Waals surface area contributed by atoms with Crippen molar-refractivity contribution in [3.05, 3.63) is 35.4 Å². The normalized spacial score (nSPS) is 34.9. The van der Waals surface area contributed by atoms with E-state index in [1.165, 1.54) is 0 Å². The molecule has 0 saturated carbocycles. The molecule has 1 saturated heterocycles. The number of aliphatic hydroxyl groups excluding tert-OH is 3. The van der Waals surface area contributed by atoms with Gasteiger partial charge in [0.05, 0.1) is 29.9 Å². The van der Waals surface area contributed by atoms with E-state index in [1.54, 1.807) is 31.2 Å². The predicted molar refractivity (Wildman–Crippen MR) is 74.2 cm³/mol. The Kier molecular flexibility index (Phi) is 3.73. The van der Waals surface area contributed by atoms with Crippen LogP contribution in [0.15, 0.2) is 24.3 Å². The minimum Gasteiger partial charge on any atom is -0.394 e. The van der Waals surface area contributed by atoms with Crippen LogP contribution in [0.2, 0.25) is 0 Å². The molecule has 1 aromatic carbocycles. The highest BCUT2D eigenvalue weighted by atomic mass is 16.5. The number of fused-ring (bicyclic) bond motifs is 1. The highest BCUT2D eigenvalue weighted by Gasteiger charge is 2.51. The summed E-state index contributed by atoms with van der Waals surface area (Å²) in [5.74, 6) is -1.04. The summed E-state index contributed by atoms with van der Waals surface area (Å²) in [5.41, 5.74) is 0.538. The summed E-state index contributed by atoms with van der Waals surface area (Å²) in [4.78, 5) is 25.9. The maximum absolute atomic E-state index is 12.5. The second-order valence-electron chi connectivity index (χ2n) is 5.56. The largest absolute Gasteiger partial charge is 0.394 e. The third-order valence-corrected chi connectivity index (χ3v) is 4.25. The highest BCUT2D eigenvalue weighted by molar-refractivity contribution is 6.21. The number of benzene rings is 1. The molecule has 7 heteroatoms. The molecule has 2 heterocycles. The number of hydrogen-bond donors (Lipinski definition) is 3. The molecule has 5 atom stereocenters. The Morgan fingerprint density at radius 2 is 1.64 bits per heavy atom. The average molecular weight is 307 g/mol. The summed E-state index contributed by atoms with van der Waals surface area (Å²) >= 11 is 0. The molecule has 118 valence electrons. The van der Waals surface area contributed by atoms with Crippen LogP contribution in [-0.4, -0.2) is 69.1 Å². The van der Waals surface area contributed by atoms with E-state index in [0.717, 1.165) is 4.90 Å². The summed E-state index contributed by atoms with van der Waals surface area (Å²) in [6.45, 7) is 1.13. The van der Waals surface area contributed by atoms with Crippen molar-refractivity contribution in [2.24, 2.45) is 0 Å². The van der Waals surface area contributed by atoms with Gasteiger partial charge in [0.25, 0.3) is 11.8 Å². The van der Waals surface area contributed by atoms with Crippen molar-refractivity contribution < 1.29 is 29.6 Å². The maximum atomic E-state index is 12.5. The van der Waals surface area contributed by atoms with Crippen molar-refractivity contribution in [3.8, 4) is 0 Å². The number of hydrogen-bond acceptors (Lipinski definition) is 6. The maximum Gasteiger partial charge on any atom is 0.261 e. The van der Waals surface area contributed by atoms with E-state index in [0.29, 0.717) is 0 Å². The molecule has 3 N–H and O–H groups in total. The fourth-order valence-electron chi connectivity index (χ4n) is 3.13. The van der Waals surface area contributed by atoms with Gasteiger partial charge >= 0.3 is 0 Å². The zero-order chi connectivity index (χ0) is 16.0. The zero-order valence-corrected chi connectivity index (χ0v) is 11.9. The molecule has 7 nitrogen and oxygen atoms in total. The summed E-state index contributed by atoms with van der Waals surface area (Å²) in [6.07, 6.45) is -4.42. The fraction of sp³-hybridized carbons (Fsp3) is 0.467. The molecule has 5 unspecified atom stereocenters. The molecular weight excluding hydrogens is 290 g/mol. The summed E-state index contributed by atoms with van der Waals surface area (Å²) in [6, 6.07) is 5.39. The monoisotopic (exact) mass is 307 g/mol. The van der Waals surface area contributed by atoms with Gasteiger partial charge in [-0.2, -0.15) is 0 Å². The Balaban J connectivity index is 1.95. The number of rotatable bonds is 2. The van der Waals surface area contributed by atoms with Gasteiger partial charge in [0.2, 0.25) is 0 Å². The van der Waals surface area contributed by atoms with Gasteiger partial charge in [0.15, 0.2) is 0 Å². The molecule has 2 aliphatic heterocycles. The van der Waals surface area contributed by atoms with Gasteiger partial charge in [-0.05, 0) is 19.1 Å². The predicted octanol–water partition coefficient (Wildman–Crippen LogP) is -0.847. The van der Waals surface area contributed by atoms with Crippen LogP contribution in [0.1, 0.15) is 27.6 Å². The van der Waals surface area contributed by atoms with Crippen LogP contribution < -0.4 is 0 Å². The molecule has 2 aliphatic rings. The van der Waals surface area contributed by atoms with E-state index < -0.39 is 48.9 Å². The van der Waals surface area contributed by atoms with Gasteiger partial charge in [-0.3, -0.25) is 14.5 Å². The van der Waals surface area contributed by atoms with Crippen LogP contribution in [0, 0.1) is 0 Å². The van der Waals surface area contributed by atoms with Gasteiger partial charge in [0.1, 0.15) is 18.3 Å². The van der Waals surface area contributed by atoms with E-state index in [4.69, 9.17) is 9.84 Å². The molecule has 0 radical (unpaired) electrons. The lowest BCUT2D eigenvalue weighted by Gasteiger charge is -2.44. The Bertz CT molecular complexity index is 583. The Hall–Kier alpha value is -1.80. The van der Waals surface area contributed by atoms with E-state index in [1.807, 2.05) is 0 Å². The SMILES string of the molecule is CC1OC(CO)C(O)C(O)C1N1C(=O)c2ccccc2C1=O. The fourth-order valence-corrected chi connectivity index (χ4v) is 3.13. The number of nitrogens with zero attached hydrogens (tertiary/aromatic N) is 1. The Morgan fingerprint density at radius 1 is 1.09 bits per heavy atom. The summed E-state index contributed by atoms with van der Waals surface area (Å²) < 4.78 is 5.43. The lowest BCUT2D eigenvalue weighted by Crippen LogP contribution is -2.64. The average Bonchev–Trinajstić information content (AvgIpc) is 2.77. The first-order chi connectivity index (χ1) is 10.5. The number of carbonyl (C=O) groups is 2. The molecule has 0 bridgehead atoms. The molecule has 1 fully saturated rings. The number of carbonyl (C=O) groups excluding carboxylic acids is 2. The van der Waals surface area contributed by atoms with Crippen molar-refractivity contribution in [1.82, 2.24) is 4.90 Å². The number of aliphatic hydroxyl groups is 3. The van der Waals surface area contributed by atoms with Gasteiger partial charge < -0.3 is 20.1 Å². The van der Waals surface area contributed by atoms with Crippen LogP contribution in [0.3, 0.4) is 0 Å². The zero-order valence-electron chi connectivity index (χ0n) is 11.9. The van der Waals surface area contributed by atoms with Crippen molar-refractivity contribution in [2.45, 2.75) is 37.4 Å². The van der Waals surface area contributed by atoms with Crippen molar-refractivity contribution >= 4 is 11.8 Å². The summed E-state index contributed by atoms with van der Waals surface area (Å²) in [7, 11) is 0. The molecule has 0 aliphatic carbocycles. The van der Waals surface area contributed by atoms with Gasteiger partial charge in [-0.1, -0.05) is 12.1 Å². The van der Waals surface area contributed by atoms with Crippen LogP contribution in [0.4, 0.5) is 0 Å². The van der Waals surface area contributed by atoms with E-state index in [-0.39, 0.29) is 11.1 Å². The molecule has 2 amide bonds. The summed E-state index contributed by atoms with van der Waals surface area (Å²) in [5, 5.41) is 29.4. The van der Waals surface area contributed by atoms with Gasteiger partial charge in [0, 0.05) is 0 Å². The first-order valence-electron chi connectivity index (χ1n) is 7.06. The minimum absolute atomic E-state index is 0.269. The first-order valence-corrected chi connectivity index (χ1v) is 7.06. The van der Waals surface area contributed by atoms with Crippen molar-refractivity contribution in [1.29, 1.82) is 0 Å². The Morgan fingerprint density at radius 3 is 2.14 bits per heavy atom. The second-order valence-corrected chi connectivity index (χ2v) is 5.56. The quantitative estimate of drug-likeness (QED) is 0.615.